The molecule has 2 aliphatic heterocycles. The van der Waals surface area contributed by atoms with Crippen molar-refractivity contribution in [3.63, 3.8) is 0 Å². The number of hydrogen-bond acceptors (Lipinski definition) is 3. The molecule has 2 heterocycles. The number of hydrogen-bond donors (Lipinski definition) is 1. The molecule has 0 aliphatic carbocycles. The molecule has 26 heavy (non-hydrogen) atoms. The molecule has 4 nitrogen and oxygen atoms in total. The zero-order valence-corrected chi connectivity index (χ0v) is 16.6. The van der Waals surface area contributed by atoms with Crippen LogP contribution in [-0.2, 0) is 10.2 Å². The minimum atomic E-state index is -0.596. The molecule has 0 aromatic heterocycles. The van der Waals surface area contributed by atoms with E-state index in [1.54, 1.807) is 7.11 Å². The lowest BCUT2D eigenvalue weighted by molar-refractivity contribution is -0.118. The minimum absolute atomic E-state index is 0.0402. The number of benzene rings is 2. The van der Waals surface area contributed by atoms with Gasteiger partial charge < -0.3 is 15.0 Å². The Labute approximate surface area is 162 Å². The van der Waals surface area contributed by atoms with Crippen LogP contribution >= 0.6 is 15.9 Å². The average Bonchev–Trinajstić information content (AvgIpc) is 3.05. The highest BCUT2D eigenvalue weighted by atomic mass is 79.9. The van der Waals surface area contributed by atoms with E-state index in [1.165, 1.54) is 5.56 Å². The lowest BCUT2D eigenvalue weighted by Crippen LogP contribution is -2.58. The van der Waals surface area contributed by atoms with Crippen LogP contribution in [0.3, 0.4) is 0 Å². The first kappa shape index (κ1) is 17.2. The molecule has 134 valence electrons. The van der Waals surface area contributed by atoms with Crippen molar-refractivity contribution in [2.45, 2.75) is 24.9 Å². The number of halogens is 1. The summed E-state index contributed by atoms with van der Waals surface area (Å²) in [5.74, 6) is 0.837. The maximum Gasteiger partial charge on any atom is 0.241 e. The van der Waals surface area contributed by atoms with Gasteiger partial charge in [-0.05, 0) is 35.9 Å². The third kappa shape index (κ3) is 2.30. The van der Waals surface area contributed by atoms with Crippen LogP contribution in [0.4, 0.5) is 5.69 Å². The van der Waals surface area contributed by atoms with Crippen molar-refractivity contribution < 1.29 is 9.53 Å². The van der Waals surface area contributed by atoms with E-state index in [0.29, 0.717) is 6.54 Å². The van der Waals surface area contributed by atoms with E-state index in [4.69, 9.17) is 4.74 Å². The van der Waals surface area contributed by atoms with Crippen LogP contribution in [-0.4, -0.2) is 25.2 Å². The summed E-state index contributed by atoms with van der Waals surface area (Å²) in [6.07, 6.45) is 4.14. The van der Waals surface area contributed by atoms with Gasteiger partial charge in [-0.15, -0.1) is 0 Å². The van der Waals surface area contributed by atoms with Gasteiger partial charge in [0.1, 0.15) is 11.4 Å². The zero-order chi connectivity index (χ0) is 18.5. The summed E-state index contributed by atoms with van der Waals surface area (Å²) in [7, 11) is 1.66. The van der Waals surface area contributed by atoms with Gasteiger partial charge >= 0.3 is 0 Å². The first-order chi connectivity index (χ1) is 12.4. The van der Waals surface area contributed by atoms with Gasteiger partial charge in [0.25, 0.3) is 0 Å². The summed E-state index contributed by atoms with van der Waals surface area (Å²) in [5, 5.41) is 3.24. The number of amides is 1. The second-order valence-electron chi connectivity index (χ2n) is 7.26. The molecule has 0 saturated carbocycles. The van der Waals surface area contributed by atoms with E-state index >= 15 is 0 Å². The van der Waals surface area contributed by atoms with E-state index in [1.807, 2.05) is 30.3 Å². The minimum Gasteiger partial charge on any atom is -0.496 e. The largest absolute Gasteiger partial charge is 0.496 e. The normalized spacial score (nSPS) is 23.1. The molecule has 2 aromatic rings. The molecular weight excluding hydrogens is 392 g/mol. The standard InChI is InChI=1S/C21H21BrN2O2/c1-20(2)16-6-4-5-7-17(16)24-13-19(25)23-21(20,24)11-10-14-12-15(22)8-9-18(14)26-3/h4-12H,13H2,1-3H3,(H,23,25). The number of anilines is 1. The van der Waals surface area contributed by atoms with Crippen LogP contribution < -0.4 is 15.0 Å². The molecule has 1 N–H and O–H groups in total. The topological polar surface area (TPSA) is 41.6 Å². The molecule has 4 rings (SSSR count). The smallest absolute Gasteiger partial charge is 0.241 e. The van der Waals surface area contributed by atoms with Crippen molar-refractivity contribution in [2.75, 3.05) is 18.6 Å². The van der Waals surface area contributed by atoms with Gasteiger partial charge in [0, 0.05) is 21.1 Å². The monoisotopic (exact) mass is 412 g/mol. The van der Waals surface area contributed by atoms with Crippen LogP contribution in [0.2, 0.25) is 0 Å². The number of nitrogens with zero attached hydrogens (tertiary/aromatic N) is 1. The van der Waals surface area contributed by atoms with Crippen LogP contribution in [0, 0.1) is 0 Å². The second-order valence-corrected chi connectivity index (χ2v) is 8.18. The number of para-hydroxylation sites is 1. The molecule has 2 aliphatic rings. The third-order valence-electron chi connectivity index (χ3n) is 5.57. The molecule has 5 heteroatoms. The summed E-state index contributed by atoms with van der Waals surface area (Å²) in [6, 6.07) is 14.2. The van der Waals surface area contributed by atoms with Gasteiger partial charge in [0.2, 0.25) is 5.91 Å². The van der Waals surface area contributed by atoms with Gasteiger partial charge in [0.15, 0.2) is 0 Å². The predicted molar refractivity (Wildman–Crippen MR) is 107 cm³/mol. The molecule has 2 aromatic carbocycles. The van der Waals surface area contributed by atoms with Gasteiger partial charge in [-0.1, -0.05) is 54.1 Å². The third-order valence-corrected chi connectivity index (χ3v) is 6.07. The number of fused-ring (bicyclic) bond motifs is 3. The number of carbonyl (C=O) groups excluding carboxylic acids is 1. The fourth-order valence-electron chi connectivity index (χ4n) is 4.19. The molecular formula is C21H21BrN2O2. The van der Waals surface area contributed by atoms with Crippen LogP contribution in [0.15, 0.2) is 53.0 Å². The molecule has 1 atom stereocenters. The lowest BCUT2D eigenvalue weighted by Gasteiger charge is -2.40. The summed E-state index contributed by atoms with van der Waals surface area (Å²) in [4.78, 5) is 14.5. The summed E-state index contributed by atoms with van der Waals surface area (Å²) >= 11 is 3.52. The van der Waals surface area contributed by atoms with Gasteiger partial charge in [-0.3, -0.25) is 4.79 Å². The van der Waals surface area contributed by atoms with Crippen molar-refractivity contribution in [3.05, 3.63) is 64.1 Å². The van der Waals surface area contributed by atoms with Gasteiger partial charge in [-0.2, -0.15) is 0 Å². The van der Waals surface area contributed by atoms with Crippen molar-refractivity contribution in [3.8, 4) is 5.75 Å². The summed E-state index contributed by atoms with van der Waals surface area (Å²) < 4.78 is 6.47. The van der Waals surface area contributed by atoms with E-state index in [-0.39, 0.29) is 11.3 Å². The summed E-state index contributed by atoms with van der Waals surface area (Å²) in [5.41, 5.74) is 2.45. The summed E-state index contributed by atoms with van der Waals surface area (Å²) in [6.45, 7) is 4.72. The maximum atomic E-state index is 12.3. The lowest BCUT2D eigenvalue weighted by atomic mass is 9.75. The second kappa shape index (κ2) is 5.88. The van der Waals surface area contributed by atoms with Gasteiger partial charge in [0.05, 0.1) is 13.7 Å². The Hall–Kier alpha value is -2.27. The van der Waals surface area contributed by atoms with Crippen LogP contribution in [0.25, 0.3) is 6.08 Å². The Morgan fingerprint density at radius 3 is 2.77 bits per heavy atom. The zero-order valence-electron chi connectivity index (χ0n) is 15.0. The molecule has 1 amide bonds. The van der Waals surface area contributed by atoms with Crippen LogP contribution in [0.5, 0.6) is 5.75 Å². The highest BCUT2D eigenvalue weighted by molar-refractivity contribution is 9.10. The fraction of sp³-hybridized carbons (Fsp3) is 0.286. The Bertz CT molecular complexity index is 922. The Balaban J connectivity index is 1.84. The highest BCUT2D eigenvalue weighted by Crippen LogP contribution is 2.52. The number of methoxy groups -OCH3 is 1. The molecule has 0 radical (unpaired) electrons. The molecule has 1 unspecified atom stereocenters. The van der Waals surface area contributed by atoms with E-state index in [9.17, 15) is 4.79 Å². The number of ether oxygens (including phenoxy) is 1. The van der Waals surface area contributed by atoms with E-state index < -0.39 is 5.66 Å². The SMILES string of the molecule is COc1ccc(Br)cc1C=CC12NC(=O)CN1c1ccccc1C2(C)C. The van der Waals surface area contributed by atoms with Crippen molar-refractivity contribution >= 4 is 33.6 Å². The van der Waals surface area contributed by atoms with Gasteiger partial charge in [-0.25, -0.2) is 0 Å². The van der Waals surface area contributed by atoms with Crippen molar-refractivity contribution in [1.29, 1.82) is 0 Å². The molecule has 1 fully saturated rings. The quantitative estimate of drug-likeness (QED) is 0.824. The molecule has 0 bridgehead atoms. The first-order valence-electron chi connectivity index (χ1n) is 8.60. The number of rotatable bonds is 3. The Kier molecular flexibility index (Phi) is 3.88. The maximum absolute atomic E-state index is 12.3. The fourth-order valence-corrected chi connectivity index (χ4v) is 4.56. The first-order valence-corrected chi connectivity index (χ1v) is 9.39. The van der Waals surface area contributed by atoms with E-state index in [2.05, 4.69) is 64.3 Å². The number of nitrogens with one attached hydrogen (secondary N) is 1. The molecule has 1 saturated heterocycles. The van der Waals surface area contributed by atoms with E-state index in [0.717, 1.165) is 21.5 Å². The number of carbonyl (C=O) groups is 1. The van der Waals surface area contributed by atoms with Crippen molar-refractivity contribution in [2.24, 2.45) is 0 Å². The molecule has 0 spiro atoms. The average molecular weight is 413 g/mol. The highest BCUT2D eigenvalue weighted by Gasteiger charge is 2.59. The predicted octanol–water partition coefficient (Wildman–Crippen LogP) is 4.09. The Morgan fingerprint density at radius 2 is 2.00 bits per heavy atom. The van der Waals surface area contributed by atoms with Crippen molar-refractivity contribution in [1.82, 2.24) is 5.32 Å². The Morgan fingerprint density at radius 1 is 1.23 bits per heavy atom. The van der Waals surface area contributed by atoms with Crippen LogP contribution in [0.1, 0.15) is 25.0 Å².